The Morgan fingerprint density at radius 1 is 1.02 bits per heavy atom. The molecule has 0 unspecified atom stereocenters. The lowest BCUT2D eigenvalue weighted by atomic mass is 9.85. The van der Waals surface area contributed by atoms with Crippen LogP contribution in [0.2, 0.25) is 5.15 Å². The van der Waals surface area contributed by atoms with Crippen LogP contribution in [0.15, 0.2) is 24.7 Å². The smallest absolute Gasteiger partial charge is 0.475 e. The number of carboxylic acids is 2. The quantitative estimate of drug-likeness (QED) is 0.251. The number of nitrogens with one attached hydrogen (secondary N) is 1. The molecule has 20 heteroatoms. The zero-order valence-electron chi connectivity index (χ0n) is 24.7. The lowest BCUT2D eigenvalue weighted by Crippen LogP contribution is -2.46. The van der Waals surface area contributed by atoms with Crippen LogP contribution in [0.5, 0.6) is 0 Å². The molecule has 0 spiro atoms. The summed E-state index contributed by atoms with van der Waals surface area (Å²) in [5, 5.41) is 15.8. The Morgan fingerprint density at radius 2 is 1.57 bits per heavy atom. The lowest BCUT2D eigenvalue weighted by molar-refractivity contribution is -0.193. The topological polar surface area (TPSA) is 170 Å². The molecule has 3 aromatic rings. The predicted octanol–water partition coefficient (Wildman–Crippen LogP) is 4.89. The van der Waals surface area contributed by atoms with E-state index in [4.69, 9.17) is 36.4 Å². The second-order valence-corrected chi connectivity index (χ2v) is 13.6. The maximum Gasteiger partial charge on any atom is 0.490 e. The Bertz CT molecular complexity index is 1720. The SMILES string of the molecule is C[C@@H]1Cc2ncnc([C@@H]3C[C@H]4CC[C@@H](C3)N4S(C)(=O)=O)c2CN1c1cc(Cl)nc2[nH]ccc12.O=C(O)C(F)(F)F.O=C(O)C(F)(F)F. The number of nitrogens with zero attached hydrogens (tertiary/aromatic N) is 5. The van der Waals surface area contributed by atoms with E-state index in [9.17, 15) is 34.8 Å². The van der Waals surface area contributed by atoms with Crippen molar-refractivity contribution in [1.29, 1.82) is 0 Å². The number of aliphatic carboxylic acids is 2. The maximum absolute atomic E-state index is 12.3. The van der Waals surface area contributed by atoms with Crippen molar-refractivity contribution in [3.63, 3.8) is 0 Å². The number of carbonyl (C=O) groups is 2. The number of anilines is 1. The van der Waals surface area contributed by atoms with E-state index in [1.54, 1.807) is 10.6 Å². The van der Waals surface area contributed by atoms with Gasteiger partial charge in [-0.3, -0.25) is 0 Å². The fraction of sp³-hybridized carbons (Fsp3) is 0.519. The van der Waals surface area contributed by atoms with Crippen LogP contribution in [0, 0.1) is 0 Å². The highest BCUT2D eigenvalue weighted by atomic mass is 35.5. The summed E-state index contributed by atoms with van der Waals surface area (Å²) in [5.41, 5.74) is 5.22. The van der Waals surface area contributed by atoms with Crippen molar-refractivity contribution in [3.05, 3.63) is 46.8 Å². The number of fused-ring (bicyclic) bond motifs is 4. The fourth-order valence-electron chi connectivity index (χ4n) is 6.33. The minimum Gasteiger partial charge on any atom is -0.475 e. The number of hydrogen-bond donors (Lipinski definition) is 3. The number of sulfonamides is 1. The normalized spacial score (nSPS) is 22.9. The van der Waals surface area contributed by atoms with Crippen LogP contribution >= 0.6 is 11.6 Å². The van der Waals surface area contributed by atoms with Gasteiger partial charge in [-0.1, -0.05) is 11.6 Å². The van der Waals surface area contributed by atoms with Gasteiger partial charge in [-0.05, 0) is 44.7 Å². The van der Waals surface area contributed by atoms with Crippen molar-refractivity contribution in [1.82, 2.24) is 24.2 Å². The Balaban J connectivity index is 0.000000301. The average molecular weight is 715 g/mol. The summed E-state index contributed by atoms with van der Waals surface area (Å²) >= 11 is 6.35. The highest BCUT2D eigenvalue weighted by Crippen LogP contribution is 2.45. The van der Waals surface area contributed by atoms with E-state index in [0.717, 1.165) is 60.2 Å². The number of aromatic amines is 1. The van der Waals surface area contributed by atoms with Crippen molar-refractivity contribution in [2.45, 2.75) is 82.0 Å². The molecule has 2 bridgehead atoms. The zero-order valence-corrected chi connectivity index (χ0v) is 26.3. The maximum atomic E-state index is 12.3. The van der Waals surface area contributed by atoms with E-state index < -0.39 is 34.3 Å². The number of aromatic nitrogens is 4. The number of halogens is 7. The Kier molecular flexibility index (Phi) is 10.3. The Labute approximate surface area is 268 Å². The van der Waals surface area contributed by atoms with Crippen LogP contribution in [-0.2, 0) is 32.6 Å². The largest absolute Gasteiger partial charge is 0.490 e. The van der Waals surface area contributed by atoms with E-state index >= 15 is 0 Å². The third-order valence-corrected chi connectivity index (χ3v) is 9.68. The minimum absolute atomic E-state index is 0.0754. The van der Waals surface area contributed by atoms with Gasteiger partial charge in [0.15, 0.2) is 0 Å². The van der Waals surface area contributed by atoms with Gasteiger partial charge in [-0.15, -0.1) is 0 Å². The Hall–Kier alpha value is -3.71. The van der Waals surface area contributed by atoms with E-state index in [1.165, 1.54) is 11.8 Å². The summed E-state index contributed by atoms with van der Waals surface area (Å²) in [7, 11) is -3.19. The number of pyridine rings is 1. The van der Waals surface area contributed by atoms with Gasteiger partial charge in [-0.25, -0.2) is 33.0 Å². The molecule has 3 N–H and O–H groups in total. The van der Waals surface area contributed by atoms with Crippen LogP contribution in [-0.4, -0.2) is 91.5 Å². The molecule has 2 saturated heterocycles. The molecule has 3 aliphatic rings. The molecule has 3 aromatic heterocycles. The molecule has 0 saturated carbocycles. The molecule has 3 aliphatic heterocycles. The van der Waals surface area contributed by atoms with Gasteiger partial charge < -0.3 is 20.1 Å². The molecular weight excluding hydrogens is 686 g/mol. The van der Waals surface area contributed by atoms with Gasteiger partial charge in [0.1, 0.15) is 17.1 Å². The van der Waals surface area contributed by atoms with E-state index in [0.29, 0.717) is 11.7 Å². The van der Waals surface area contributed by atoms with Crippen LogP contribution in [0.1, 0.15) is 55.5 Å². The number of rotatable bonds is 3. The van der Waals surface area contributed by atoms with Gasteiger partial charge in [0.05, 0.1) is 23.3 Å². The molecule has 2 fully saturated rings. The summed E-state index contributed by atoms with van der Waals surface area (Å²) in [5.74, 6) is -5.26. The van der Waals surface area contributed by atoms with E-state index in [1.807, 2.05) is 18.3 Å². The molecule has 0 aromatic carbocycles. The first-order chi connectivity index (χ1) is 21.7. The van der Waals surface area contributed by atoms with Crippen molar-refractivity contribution in [3.8, 4) is 0 Å². The molecule has 0 amide bonds. The highest BCUT2D eigenvalue weighted by Gasteiger charge is 2.46. The molecule has 0 aliphatic carbocycles. The monoisotopic (exact) mass is 714 g/mol. The third kappa shape index (κ3) is 8.24. The summed E-state index contributed by atoms with van der Waals surface area (Å²) < 4.78 is 89.9. The number of carboxylic acid groups (broad SMARTS) is 2. The molecular formula is C27H29ClF6N6O6S. The number of alkyl halides is 6. The standard InChI is InChI=1S/C23H27ClN6O2S.2C2HF3O2/c1-13-7-19-18(11-29(13)20-10-21(24)28-23-17(20)5-6-25-23)22(27-12-26-19)14-8-15-3-4-16(9-14)30(15)33(2,31)32;2*3-2(4,5)1(6)7/h5-6,10,12-16H,3-4,7-9,11H2,1-2H3,(H,25,28);2*(H,6,7)/t13-,14-,15-,16+;;/m1../s1. The number of hydrogen-bond acceptors (Lipinski definition) is 8. The second kappa shape index (κ2) is 13.4. The van der Waals surface area contributed by atoms with Crippen LogP contribution in [0.25, 0.3) is 11.0 Å². The Morgan fingerprint density at radius 3 is 2.09 bits per heavy atom. The van der Waals surface area contributed by atoms with E-state index in [-0.39, 0.29) is 24.0 Å². The molecule has 4 atom stereocenters. The number of H-pyrrole nitrogens is 1. The second-order valence-electron chi connectivity index (χ2n) is 11.3. The summed E-state index contributed by atoms with van der Waals surface area (Å²) in [6.45, 7) is 2.91. The van der Waals surface area contributed by atoms with Gasteiger partial charge in [-0.2, -0.15) is 30.6 Å². The summed E-state index contributed by atoms with van der Waals surface area (Å²) in [6.07, 6.45) is -0.901. The van der Waals surface area contributed by atoms with Crippen molar-refractivity contribution >= 4 is 50.3 Å². The fourth-order valence-corrected chi connectivity index (χ4v) is 7.98. The third-order valence-electron chi connectivity index (χ3n) is 8.12. The van der Waals surface area contributed by atoms with Crippen molar-refractivity contribution in [2.75, 3.05) is 11.2 Å². The van der Waals surface area contributed by atoms with Gasteiger partial charge in [0.2, 0.25) is 10.0 Å². The number of piperidine rings is 1. The van der Waals surface area contributed by atoms with E-state index in [2.05, 4.69) is 26.8 Å². The van der Waals surface area contributed by atoms with Gasteiger partial charge in [0, 0.05) is 54.2 Å². The zero-order chi connectivity index (χ0) is 35.1. The first-order valence-electron chi connectivity index (χ1n) is 14.0. The molecule has 47 heavy (non-hydrogen) atoms. The predicted molar refractivity (Wildman–Crippen MR) is 155 cm³/mol. The summed E-state index contributed by atoms with van der Waals surface area (Å²) in [4.78, 5) is 37.2. The molecule has 6 rings (SSSR count). The van der Waals surface area contributed by atoms with Crippen molar-refractivity contribution < 1.29 is 54.6 Å². The average Bonchev–Trinajstić information content (AvgIpc) is 3.53. The molecule has 258 valence electrons. The van der Waals surface area contributed by atoms with Crippen LogP contribution in [0.3, 0.4) is 0 Å². The highest BCUT2D eigenvalue weighted by molar-refractivity contribution is 7.88. The van der Waals surface area contributed by atoms with Gasteiger partial charge in [0.25, 0.3) is 0 Å². The first-order valence-corrected chi connectivity index (χ1v) is 16.2. The van der Waals surface area contributed by atoms with Gasteiger partial charge >= 0.3 is 24.3 Å². The first kappa shape index (κ1) is 36.1. The van der Waals surface area contributed by atoms with Crippen molar-refractivity contribution in [2.24, 2.45) is 0 Å². The lowest BCUT2D eigenvalue weighted by Gasteiger charge is -2.40. The molecule has 0 radical (unpaired) electrons. The minimum atomic E-state index is -5.08. The van der Waals surface area contributed by atoms with Crippen LogP contribution in [0.4, 0.5) is 32.0 Å². The molecule has 12 nitrogen and oxygen atoms in total. The molecule has 6 heterocycles. The van der Waals surface area contributed by atoms with Crippen LogP contribution < -0.4 is 4.90 Å². The summed E-state index contributed by atoms with van der Waals surface area (Å²) in [6, 6.07) is 4.38.